The predicted molar refractivity (Wildman–Crippen MR) is 108 cm³/mol. The van der Waals surface area contributed by atoms with Crippen LogP contribution in [-0.4, -0.2) is 11.1 Å². The third kappa shape index (κ3) is 3.85. The average molecular weight is 386 g/mol. The Balaban J connectivity index is 2.02. The smallest absolute Gasteiger partial charge is 0.337 e. The van der Waals surface area contributed by atoms with Crippen molar-refractivity contribution in [2.75, 3.05) is 5.32 Å². The Morgan fingerprint density at radius 2 is 1.42 bits per heavy atom. The number of para-hydroxylation sites is 1. The van der Waals surface area contributed by atoms with Gasteiger partial charge in [-0.2, -0.15) is 0 Å². The molecule has 0 spiro atoms. The number of aryl methyl sites for hydroxylation is 2. The van der Waals surface area contributed by atoms with Gasteiger partial charge in [0.25, 0.3) is 0 Å². The van der Waals surface area contributed by atoms with Gasteiger partial charge in [-0.1, -0.05) is 64.7 Å². The van der Waals surface area contributed by atoms with E-state index in [4.69, 9.17) is 23.2 Å². The standard InChI is InChI=1S/C21H17Cl2NO2/c1-12-7-13(2)9-14(8-12)15-10-17(22)20(18(23)11-15)24-19-6-4-3-5-16(19)21(25)26/h3-11,24H,1-2H3,(H,25,26). The Labute approximate surface area is 162 Å². The molecular formula is C21H17Cl2NO2. The average Bonchev–Trinajstić information content (AvgIpc) is 2.57. The SMILES string of the molecule is Cc1cc(C)cc(-c2cc(Cl)c(Nc3ccccc3C(=O)O)c(Cl)c2)c1. The number of aromatic carboxylic acids is 1. The van der Waals surface area contributed by atoms with Crippen LogP contribution in [0.2, 0.25) is 10.0 Å². The quantitative estimate of drug-likeness (QED) is 0.523. The summed E-state index contributed by atoms with van der Waals surface area (Å²) >= 11 is 12.9. The van der Waals surface area contributed by atoms with E-state index in [2.05, 4.69) is 23.5 Å². The van der Waals surface area contributed by atoms with Gasteiger partial charge in [0.1, 0.15) is 0 Å². The second kappa shape index (κ2) is 7.40. The number of benzene rings is 3. The second-order valence-corrected chi connectivity index (χ2v) is 6.98. The summed E-state index contributed by atoms with van der Waals surface area (Å²) in [6.07, 6.45) is 0. The molecule has 132 valence electrons. The first kappa shape index (κ1) is 18.3. The highest BCUT2D eigenvalue weighted by atomic mass is 35.5. The first-order valence-corrected chi connectivity index (χ1v) is 8.78. The van der Waals surface area contributed by atoms with Crippen molar-refractivity contribution >= 4 is 40.5 Å². The van der Waals surface area contributed by atoms with E-state index in [-0.39, 0.29) is 5.56 Å². The van der Waals surface area contributed by atoms with Crippen LogP contribution in [0.1, 0.15) is 21.5 Å². The summed E-state index contributed by atoms with van der Waals surface area (Å²) in [6.45, 7) is 4.08. The molecule has 0 bridgehead atoms. The number of carboxylic acid groups (broad SMARTS) is 1. The minimum absolute atomic E-state index is 0.151. The number of carboxylic acids is 1. The van der Waals surface area contributed by atoms with Crippen LogP contribution >= 0.6 is 23.2 Å². The highest BCUT2D eigenvalue weighted by Crippen LogP contribution is 2.38. The van der Waals surface area contributed by atoms with Crippen LogP contribution < -0.4 is 5.32 Å². The fraction of sp³-hybridized carbons (Fsp3) is 0.0952. The largest absolute Gasteiger partial charge is 0.478 e. The summed E-state index contributed by atoms with van der Waals surface area (Å²) in [5, 5.41) is 13.2. The summed E-state index contributed by atoms with van der Waals surface area (Å²) in [6, 6.07) is 16.5. The molecule has 0 aliphatic rings. The molecule has 0 radical (unpaired) electrons. The molecule has 2 N–H and O–H groups in total. The number of halogens is 2. The van der Waals surface area contributed by atoms with Gasteiger partial charge in [0.05, 0.1) is 27.0 Å². The van der Waals surface area contributed by atoms with Crippen LogP contribution in [0.5, 0.6) is 0 Å². The molecule has 3 aromatic rings. The lowest BCUT2D eigenvalue weighted by Gasteiger charge is -2.15. The maximum Gasteiger partial charge on any atom is 0.337 e. The highest BCUT2D eigenvalue weighted by molar-refractivity contribution is 6.39. The minimum atomic E-state index is -1.02. The van der Waals surface area contributed by atoms with Crippen LogP contribution in [0.3, 0.4) is 0 Å². The van der Waals surface area contributed by atoms with Gasteiger partial charge in [0, 0.05) is 0 Å². The summed E-state index contributed by atoms with van der Waals surface area (Å²) in [5.74, 6) is -1.02. The summed E-state index contributed by atoms with van der Waals surface area (Å²) in [5.41, 5.74) is 5.32. The molecule has 0 unspecified atom stereocenters. The van der Waals surface area contributed by atoms with Gasteiger partial charge in [0.15, 0.2) is 0 Å². The monoisotopic (exact) mass is 385 g/mol. The van der Waals surface area contributed by atoms with Gasteiger partial charge in [0.2, 0.25) is 0 Å². The Morgan fingerprint density at radius 1 is 0.885 bits per heavy atom. The first-order chi connectivity index (χ1) is 12.3. The molecule has 0 aliphatic carbocycles. The van der Waals surface area contributed by atoms with E-state index >= 15 is 0 Å². The van der Waals surface area contributed by atoms with Crippen molar-refractivity contribution < 1.29 is 9.90 Å². The molecule has 0 amide bonds. The van der Waals surface area contributed by atoms with Crippen molar-refractivity contribution in [3.8, 4) is 11.1 Å². The van der Waals surface area contributed by atoms with E-state index in [1.165, 1.54) is 6.07 Å². The zero-order valence-corrected chi connectivity index (χ0v) is 15.8. The number of hydrogen-bond acceptors (Lipinski definition) is 2. The van der Waals surface area contributed by atoms with E-state index in [0.717, 1.165) is 22.3 Å². The van der Waals surface area contributed by atoms with Crippen LogP contribution in [0.25, 0.3) is 11.1 Å². The third-order valence-corrected chi connectivity index (χ3v) is 4.61. The van der Waals surface area contributed by atoms with E-state index in [1.807, 2.05) is 26.0 Å². The molecule has 0 aliphatic heterocycles. The minimum Gasteiger partial charge on any atom is -0.478 e. The Morgan fingerprint density at radius 3 is 2.00 bits per heavy atom. The summed E-state index contributed by atoms with van der Waals surface area (Å²) in [7, 11) is 0. The lowest BCUT2D eigenvalue weighted by Crippen LogP contribution is -2.03. The molecule has 0 saturated carbocycles. The molecule has 0 fully saturated rings. The molecule has 0 saturated heterocycles. The number of nitrogens with one attached hydrogen (secondary N) is 1. The van der Waals surface area contributed by atoms with Crippen molar-refractivity contribution in [3.05, 3.63) is 81.3 Å². The lowest BCUT2D eigenvalue weighted by molar-refractivity contribution is 0.0698. The Kier molecular flexibility index (Phi) is 5.21. The molecule has 3 nitrogen and oxygen atoms in total. The van der Waals surface area contributed by atoms with Crippen molar-refractivity contribution in [2.45, 2.75) is 13.8 Å². The van der Waals surface area contributed by atoms with Gasteiger partial charge in [-0.05, 0) is 49.2 Å². The normalized spacial score (nSPS) is 10.6. The van der Waals surface area contributed by atoms with E-state index < -0.39 is 5.97 Å². The van der Waals surface area contributed by atoms with Crippen molar-refractivity contribution in [2.24, 2.45) is 0 Å². The van der Waals surface area contributed by atoms with E-state index in [0.29, 0.717) is 21.4 Å². The predicted octanol–water partition coefficient (Wildman–Crippen LogP) is 6.72. The molecule has 0 atom stereocenters. The zero-order chi connectivity index (χ0) is 18.8. The molecule has 26 heavy (non-hydrogen) atoms. The topological polar surface area (TPSA) is 49.3 Å². The van der Waals surface area contributed by atoms with Crippen LogP contribution in [-0.2, 0) is 0 Å². The van der Waals surface area contributed by atoms with Crippen LogP contribution in [0, 0.1) is 13.8 Å². The van der Waals surface area contributed by atoms with Gasteiger partial charge in [-0.3, -0.25) is 0 Å². The maximum atomic E-state index is 11.4. The van der Waals surface area contributed by atoms with Crippen molar-refractivity contribution in [1.29, 1.82) is 0 Å². The number of hydrogen-bond donors (Lipinski definition) is 2. The molecular weight excluding hydrogens is 369 g/mol. The second-order valence-electron chi connectivity index (χ2n) is 6.17. The van der Waals surface area contributed by atoms with E-state index in [1.54, 1.807) is 18.2 Å². The number of rotatable bonds is 4. The van der Waals surface area contributed by atoms with E-state index in [9.17, 15) is 9.90 Å². The summed E-state index contributed by atoms with van der Waals surface area (Å²) < 4.78 is 0. The number of anilines is 2. The highest BCUT2D eigenvalue weighted by Gasteiger charge is 2.14. The van der Waals surface area contributed by atoms with Crippen molar-refractivity contribution in [1.82, 2.24) is 0 Å². The third-order valence-electron chi connectivity index (χ3n) is 4.01. The number of carbonyl (C=O) groups is 1. The maximum absolute atomic E-state index is 11.4. The molecule has 3 aromatic carbocycles. The van der Waals surface area contributed by atoms with Gasteiger partial charge in [-0.25, -0.2) is 4.79 Å². The molecule has 0 heterocycles. The molecule has 3 rings (SSSR count). The fourth-order valence-corrected chi connectivity index (χ4v) is 3.50. The first-order valence-electron chi connectivity index (χ1n) is 8.02. The fourth-order valence-electron chi connectivity index (χ4n) is 2.91. The Bertz CT molecular complexity index is 956. The molecule has 0 aromatic heterocycles. The lowest BCUT2D eigenvalue weighted by atomic mass is 10.0. The zero-order valence-electron chi connectivity index (χ0n) is 14.3. The van der Waals surface area contributed by atoms with Gasteiger partial charge < -0.3 is 10.4 Å². The van der Waals surface area contributed by atoms with Gasteiger partial charge in [-0.15, -0.1) is 0 Å². The summed E-state index contributed by atoms with van der Waals surface area (Å²) in [4.78, 5) is 11.4. The van der Waals surface area contributed by atoms with Crippen molar-refractivity contribution in [3.63, 3.8) is 0 Å². The van der Waals surface area contributed by atoms with Crippen LogP contribution in [0.15, 0.2) is 54.6 Å². The van der Waals surface area contributed by atoms with Crippen LogP contribution in [0.4, 0.5) is 11.4 Å². The van der Waals surface area contributed by atoms with Gasteiger partial charge >= 0.3 is 5.97 Å². The Hall–Kier alpha value is -2.49. The molecule has 5 heteroatoms.